The zero-order chi connectivity index (χ0) is 23.7. The number of primary amides is 1. The molecule has 1 amide bonds. The van der Waals surface area contributed by atoms with Crippen molar-refractivity contribution in [1.82, 2.24) is 15.0 Å². The Balaban J connectivity index is 2.13. The third kappa shape index (κ3) is 5.25. The van der Waals surface area contributed by atoms with Gasteiger partial charge in [-0.3, -0.25) is 4.79 Å². The van der Waals surface area contributed by atoms with Crippen LogP contribution in [0.4, 0.5) is 30.7 Å². The number of halogens is 7. The van der Waals surface area contributed by atoms with Gasteiger partial charge in [0, 0.05) is 11.8 Å². The molecule has 0 unspecified atom stereocenters. The summed E-state index contributed by atoms with van der Waals surface area (Å²) in [4.78, 5) is 22.9. The molecule has 0 atom stereocenters. The standard InChI is InChI=1S/C20H11F7N4O/c21-16-3-1-2-15(31-16)14(17(28)32)9-13-4-5-29-18(30-13)10-6-11(19(22,23)24)8-12(7-10)20(25,26)27/h1-9H,(H2,28,32)/b14-9+. The number of nitrogens with zero attached hydrogens (tertiary/aromatic N) is 3. The number of nitrogens with two attached hydrogens (primary N) is 1. The molecule has 0 radical (unpaired) electrons. The average Bonchev–Trinajstić information content (AvgIpc) is 2.70. The molecule has 32 heavy (non-hydrogen) atoms. The molecule has 0 spiro atoms. The Labute approximate surface area is 175 Å². The van der Waals surface area contributed by atoms with Crippen LogP contribution in [-0.4, -0.2) is 20.9 Å². The van der Waals surface area contributed by atoms with E-state index in [1.54, 1.807) is 0 Å². The van der Waals surface area contributed by atoms with E-state index in [0.717, 1.165) is 18.3 Å². The van der Waals surface area contributed by atoms with Crippen LogP contribution in [0.1, 0.15) is 22.5 Å². The molecule has 0 aliphatic heterocycles. The fraction of sp³-hybridized carbons (Fsp3) is 0.100. The van der Waals surface area contributed by atoms with E-state index in [0.29, 0.717) is 12.1 Å². The number of aromatic nitrogens is 3. The van der Waals surface area contributed by atoms with Crippen LogP contribution >= 0.6 is 0 Å². The summed E-state index contributed by atoms with van der Waals surface area (Å²) in [5, 5.41) is 0. The van der Waals surface area contributed by atoms with Crippen LogP contribution in [0.5, 0.6) is 0 Å². The zero-order valence-electron chi connectivity index (χ0n) is 15.7. The van der Waals surface area contributed by atoms with Gasteiger partial charge in [0.25, 0.3) is 5.91 Å². The van der Waals surface area contributed by atoms with Crippen LogP contribution in [0, 0.1) is 5.95 Å². The van der Waals surface area contributed by atoms with Crippen molar-refractivity contribution in [2.24, 2.45) is 5.73 Å². The lowest BCUT2D eigenvalue weighted by atomic mass is 10.0. The van der Waals surface area contributed by atoms with E-state index in [-0.39, 0.29) is 23.0 Å². The molecule has 5 nitrogen and oxygen atoms in total. The summed E-state index contributed by atoms with van der Waals surface area (Å²) in [5.41, 5.74) is 1.16. The number of pyridine rings is 1. The molecule has 0 saturated carbocycles. The number of amides is 1. The topological polar surface area (TPSA) is 81.8 Å². The number of carbonyl (C=O) groups is 1. The number of benzene rings is 1. The second-order valence-electron chi connectivity index (χ2n) is 6.37. The van der Waals surface area contributed by atoms with Gasteiger partial charge in [0.05, 0.1) is 28.1 Å². The fourth-order valence-electron chi connectivity index (χ4n) is 2.65. The van der Waals surface area contributed by atoms with Gasteiger partial charge in [-0.2, -0.15) is 30.7 Å². The third-order valence-corrected chi connectivity index (χ3v) is 4.07. The smallest absolute Gasteiger partial charge is 0.366 e. The summed E-state index contributed by atoms with van der Waals surface area (Å²) in [6.45, 7) is 0. The molecule has 0 aliphatic carbocycles. The minimum absolute atomic E-state index is 0.0198. The van der Waals surface area contributed by atoms with Crippen LogP contribution in [0.2, 0.25) is 0 Å². The van der Waals surface area contributed by atoms with Crippen LogP contribution in [0.25, 0.3) is 23.0 Å². The second kappa shape index (κ2) is 8.36. The number of hydrogen-bond donors (Lipinski definition) is 1. The van der Waals surface area contributed by atoms with Crippen molar-refractivity contribution in [3.8, 4) is 11.4 Å². The molecule has 166 valence electrons. The Bertz CT molecular complexity index is 1170. The first-order valence-electron chi connectivity index (χ1n) is 8.62. The monoisotopic (exact) mass is 456 g/mol. The Morgan fingerprint density at radius 1 is 0.906 bits per heavy atom. The first kappa shape index (κ1) is 22.8. The van der Waals surface area contributed by atoms with Gasteiger partial charge in [0.15, 0.2) is 5.82 Å². The van der Waals surface area contributed by atoms with Gasteiger partial charge in [-0.15, -0.1) is 0 Å². The maximum atomic E-state index is 13.4. The Morgan fingerprint density at radius 2 is 1.53 bits per heavy atom. The van der Waals surface area contributed by atoms with E-state index in [9.17, 15) is 35.5 Å². The van der Waals surface area contributed by atoms with Crippen LogP contribution in [-0.2, 0) is 17.1 Å². The summed E-state index contributed by atoms with van der Waals surface area (Å²) in [7, 11) is 0. The van der Waals surface area contributed by atoms with Crippen molar-refractivity contribution in [3.05, 3.63) is 77.1 Å². The zero-order valence-corrected chi connectivity index (χ0v) is 15.7. The van der Waals surface area contributed by atoms with E-state index in [1.165, 1.54) is 18.2 Å². The lowest BCUT2D eigenvalue weighted by molar-refractivity contribution is -0.143. The molecule has 12 heteroatoms. The SMILES string of the molecule is NC(=O)/C(=C/c1ccnc(-c2cc(C(F)(F)F)cc(C(F)(F)F)c2)n1)c1cccc(F)n1. The summed E-state index contributed by atoms with van der Waals surface area (Å²) in [6, 6.07) is 5.72. The summed E-state index contributed by atoms with van der Waals surface area (Å²) in [5.74, 6) is -2.38. The van der Waals surface area contributed by atoms with Crippen molar-refractivity contribution in [3.63, 3.8) is 0 Å². The summed E-state index contributed by atoms with van der Waals surface area (Å²) < 4.78 is 92.0. The van der Waals surface area contributed by atoms with Gasteiger partial charge < -0.3 is 5.73 Å². The molecular weight excluding hydrogens is 445 g/mol. The Kier molecular flexibility index (Phi) is 5.97. The minimum atomic E-state index is -5.05. The largest absolute Gasteiger partial charge is 0.416 e. The predicted molar refractivity (Wildman–Crippen MR) is 98.7 cm³/mol. The highest BCUT2D eigenvalue weighted by molar-refractivity contribution is 6.22. The van der Waals surface area contributed by atoms with E-state index < -0.39 is 46.7 Å². The van der Waals surface area contributed by atoms with E-state index in [2.05, 4.69) is 15.0 Å². The van der Waals surface area contributed by atoms with Crippen LogP contribution < -0.4 is 5.73 Å². The average molecular weight is 456 g/mol. The molecule has 0 bridgehead atoms. The number of carbonyl (C=O) groups excluding carboxylic acids is 1. The molecule has 2 N–H and O–H groups in total. The van der Waals surface area contributed by atoms with E-state index in [4.69, 9.17) is 5.73 Å². The highest BCUT2D eigenvalue weighted by Crippen LogP contribution is 2.38. The van der Waals surface area contributed by atoms with Crippen molar-refractivity contribution in [1.29, 1.82) is 0 Å². The lowest BCUT2D eigenvalue weighted by Crippen LogP contribution is -2.14. The third-order valence-electron chi connectivity index (χ3n) is 4.07. The quantitative estimate of drug-likeness (QED) is 0.349. The Morgan fingerprint density at radius 3 is 2.06 bits per heavy atom. The molecule has 1 aromatic carbocycles. The van der Waals surface area contributed by atoms with Gasteiger partial charge in [0.1, 0.15) is 0 Å². The molecule has 2 heterocycles. The van der Waals surface area contributed by atoms with Crippen molar-refractivity contribution >= 4 is 17.6 Å². The molecule has 2 aromatic heterocycles. The normalized spacial score (nSPS) is 12.7. The predicted octanol–water partition coefficient (Wildman–Crippen LogP) is 4.74. The lowest BCUT2D eigenvalue weighted by Gasteiger charge is -2.14. The van der Waals surface area contributed by atoms with E-state index in [1.807, 2.05) is 0 Å². The summed E-state index contributed by atoms with van der Waals surface area (Å²) >= 11 is 0. The minimum Gasteiger partial charge on any atom is -0.366 e. The first-order valence-corrected chi connectivity index (χ1v) is 8.62. The van der Waals surface area contributed by atoms with Gasteiger partial charge >= 0.3 is 12.4 Å². The molecular formula is C20H11F7N4O. The molecule has 0 saturated heterocycles. The fourth-order valence-corrected chi connectivity index (χ4v) is 2.65. The maximum absolute atomic E-state index is 13.4. The van der Waals surface area contributed by atoms with Gasteiger partial charge in [-0.1, -0.05) is 6.07 Å². The maximum Gasteiger partial charge on any atom is 0.416 e. The summed E-state index contributed by atoms with van der Waals surface area (Å²) in [6.07, 6.45) is -7.96. The van der Waals surface area contributed by atoms with Crippen molar-refractivity contribution in [2.45, 2.75) is 12.4 Å². The highest BCUT2D eigenvalue weighted by Gasteiger charge is 2.37. The molecule has 3 aromatic rings. The van der Waals surface area contributed by atoms with Crippen LogP contribution in [0.3, 0.4) is 0 Å². The number of alkyl halides is 6. The van der Waals surface area contributed by atoms with Crippen molar-refractivity contribution < 1.29 is 35.5 Å². The first-order chi connectivity index (χ1) is 14.8. The van der Waals surface area contributed by atoms with Crippen LogP contribution in [0.15, 0.2) is 48.7 Å². The van der Waals surface area contributed by atoms with Gasteiger partial charge in [0.2, 0.25) is 5.95 Å². The molecule has 0 aliphatic rings. The Hall–Kier alpha value is -3.83. The number of hydrogen-bond acceptors (Lipinski definition) is 4. The molecule has 0 fully saturated rings. The van der Waals surface area contributed by atoms with Gasteiger partial charge in [-0.05, 0) is 42.5 Å². The number of rotatable bonds is 4. The highest BCUT2D eigenvalue weighted by atomic mass is 19.4. The van der Waals surface area contributed by atoms with Gasteiger partial charge in [-0.25, -0.2) is 15.0 Å². The second-order valence-corrected chi connectivity index (χ2v) is 6.37. The molecule has 3 rings (SSSR count). The van der Waals surface area contributed by atoms with Crippen molar-refractivity contribution in [2.75, 3.05) is 0 Å². The van der Waals surface area contributed by atoms with E-state index >= 15 is 0 Å².